The maximum atomic E-state index is 12.2. The first-order valence-electron chi connectivity index (χ1n) is 5.85. The van der Waals surface area contributed by atoms with Crippen LogP contribution in [0.1, 0.15) is 29.3 Å². The summed E-state index contributed by atoms with van der Waals surface area (Å²) in [6.07, 6.45) is 0.868. The maximum absolute atomic E-state index is 12.2. The van der Waals surface area contributed by atoms with E-state index in [9.17, 15) is 4.79 Å². The molecule has 4 nitrogen and oxygen atoms in total. The minimum atomic E-state index is -0.0729. The van der Waals surface area contributed by atoms with E-state index in [0.29, 0.717) is 24.3 Å². The normalized spacial score (nSPS) is 10.3. The molecule has 0 aliphatic heterocycles. The molecule has 4 heteroatoms. The Morgan fingerprint density at radius 2 is 2.06 bits per heavy atom. The van der Waals surface area contributed by atoms with Gasteiger partial charge in [-0.1, -0.05) is 6.92 Å². The average molecular weight is 236 g/mol. The lowest BCUT2D eigenvalue weighted by Crippen LogP contribution is -2.34. The quantitative estimate of drug-likeness (QED) is 0.760. The Labute approximate surface area is 102 Å². The van der Waals surface area contributed by atoms with Crippen LogP contribution >= 0.6 is 0 Å². The van der Waals surface area contributed by atoms with Crippen LogP contribution in [0.5, 0.6) is 0 Å². The van der Waals surface area contributed by atoms with Crippen LogP contribution in [0, 0.1) is 6.92 Å². The number of carbonyl (C=O) groups is 1. The minimum Gasteiger partial charge on any atom is -0.399 e. The predicted octanol–water partition coefficient (Wildman–Crippen LogP) is 1.42. The van der Waals surface area contributed by atoms with Gasteiger partial charge >= 0.3 is 0 Å². The van der Waals surface area contributed by atoms with Gasteiger partial charge in [-0.25, -0.2) is 0 Å². The van der Waals surface area contributed by atoms with Crippen molar-refractivity contribution in [2.75, 3.05) is 25.4 Å². The maximum Gasteiger partial charge on any atom is 0.254 e. The summed E-state index contributed by atoms with van der Waals surface area (Å²) in [5.74, 6) is -0.0729. The molecule has 0 aromatic heterocycles. The van der Waals surface area contributed by atoms with Crippen LogP contribution in [0.2, 0.25) is 0 Å². The van der Waals surface area contributed by atoms with Crippen molar-refractivity contribution in [3.05, 3.63) is 29.3 Å². The number of hydrogen-bond donors (Lipinski definition) is 2. The number of nitrogens with zero attached hydrogens (tertiary/aromatic N) is 1. The molecule has 0 fully saturated rings. The third kappa shape index (κ3) is 3.75. The van der Waals surface area contributed by atoms with E-state index in [0.717, 1.165) is 12.0 Å². The Morgan fingerprint density at radius 3 is 2.59 bits per heavy atom. The van der Waals surface area contributed by atoms with Crippen LogP contribution in [0.4, 0.5) is 5.69 Å². The first kappa shape index (κ1) is 13.5. The lowest BCUT2D eigenvalue weighted by molar-refractivity contribution is 0.0722. The molecule has 0 saturated heterocycles. The van der Waals surface area contributed by atoms with E-state index < -0.39 is 0 Å². The number of aliphatic hydroxyl groups excluding tert-OH is 1. The number of aryl methyl sites for hydroxylation is 1. The zero-order valence-electron chi connectivity index (χ0n) is 10.4. The van der Waals surface area contributed by atoms with Crippen LogP contribution < -0.4 is 5.73 Å². The van der Waals surface area contributed by atoms with Crippen molar-refractivity contribution in [1.29, 1.82) is 0 Å². The molecule has 0 bridgehead atoms. The van der Waals surface area contributed by atoms with Gasteiger partial charge in [0.05, 0.1) is 6.61 Å². The summed E-state index contributed by atoms with van der Waals surface area (Å²) in [5, 5.41) is 8.95. The van der Waals surface area contributed by atoms with Crippen LogP contribution in [0.3, 0.4) is 0 Å². The summed E-state index contributed by atoms with van der Waals surface area (Å²) in [5.41, 5.74) is 7.87. The summed E-state index contributed by atoms with van der Waals surface area (Å²) in [4.78, 5) is 13.8. The fourth-order valence-electron chi connectivity index (χ4n) is 1.82. The van der Waals surface area contributed by atoms with E-state index in [1.165, 1.54) is 0 Å². The Hall–Kier alpha value is -1.55. The predicted molar refractivity (Wildman–Crippen MR) is 68.9 cm³/mol. The third-order valence-corrected chi connectivity index (χ3v) is 2.50. The Morgan fingerprint density at radius 1 is 1.35 bits per heavy atom. The molecule has 1 aromatic rings. The Balaban J connectivity index is 2.92. The van der Waals surface area contributed by atoms with Gasteiger partial charge in [-0.15, -0.1) is 0 Å². The second-order valence-corrected chi connectivity index (χ2v) is 4.15. The molecule has 0 aliphatic rings. The van der Waals surface area contributed by atoms with Crippen molar-refractivity contribution in [3.8, 4) is 0 Å². The molecule has 0 aliphatic carbocycles. The zero-order valence-corrected chi connectivity index (χ0v) is 10.4. The fraction of sp³-hybridized carbons (Fsp3) is 0.462. The highest BCUT2D eigenvalue weighted by Crippen LogP contribution is 2.13. The molecular formula is C13H20N2O2. The van der Waals surface area contributed by atoms with Gasteiger partial charge in [0, 0.05) is 24.3 Å². The van der Waals surface area contributed by atoms with Crippen molar-refractivity contribution in [3.63, 3.8) is 0 Å². The Kier molecular flexibility index (Phi) is 4.97. The first-order valence-corrected chi connectivity index (χ1v) is 5.85. The summed E-state index contributed by atoms with van der Waals surface area (Å²) >= 11 is 0. The molecule has 0 saturated carbocycles. The molecule has 0 atom stereocenters. The number of hydrogen-bond acceptors (Lipinski definition) is 3. The van der Waals surface area contributed by atoms with E-state index >= 15 is 0 Å². The van der Waals surface area contributed by atoms with Crippen molar-refractivity contribution >= 4 is 11.6 Å². The highest BCUT2D eigenvalue weighted by Gasteiger charge is 2.14. The molecule has 0 spiro atoms. The van der Waals surface area contributed by atoms with Crippen molar-refractivity contribution in [2.24, 2.45) is 0 Å². The number of carbonyl (C=O) groups excluding carboxylic acids is 1. The standard InChI is InChI=1S/C13H20N2O2/c1-3-4-15(5-6-16)13(17)11-7-10(2)8-12(14)9-11/h7-9,16H,3-6,14H2,1-2H3. The molecule has 1 aromatic carbocycles. The number of anilines is 1. The molecule has 17 heavy (non-hydrogen) atoms. The van der Waals surface area contributed by atoms with Gasteiger partial charge in [0.2, 0.25) is 0 Å². The summed E-state index contributed by atoms with van der Waals surface area (Å²) in [6.45, 7) is 4.90. The zero-order chi connectivity index (χ0) is 12.8. The molecule has 94 valence electrons. The van der Waals surface area contributed by atoms with Crippen LogP contribution in [0.25, 0.3) is 0 Å². The van der Waals surface area contributed by atoms with Gasteiger partial charge in [-0.2, -0.15) is 0 Å². The van der Waals surface area contributed by atoms with Crippen LogP contribution in [-0.4, -0.2) is 35.6 Å². The number of benzene rings is 1. The fourth-order valence-corrected chi connectivity index (χ4v) is 1.82. The van der Waals surface area contributed by atoms with E-state index in [2.05, 4.69) is 0 Å². The van der Waals surface area contributed by atoms with Crippen molar-refractivity contribution in [1.82, 2.24) is 4.90 Å². The average Bonchev–Trinajstić information content (AvgIpc) is 2.26. The highest BCUT2D eigenvalue weighted by molar-refractivity contribution is 5.95. The van der Waals surface area contributed by atoms with E-state index in [1.807, 2.05) is 26.0 Å². The lowest BCUT2D eigenvalue weighted by atomic mass is 10.1. The highest BCUT2D eigenvalue weighted by atomic mass is 16.3. The Bertz CT molecular complexity index is 365. The SMILES string of the molecule is CCCN(CCO)C(=O)c1cc(C)cc(N)c1. The van der Waals surface area contributed by atoms with E-state index in [-0.39, 0.29) is 12.5 Å². The van der Waals surface area contributed by atoms with E-state index in [4.69, 9.17) is 10.8 Å². The largest absolute Gasteiger partial charge is 0.399 e. The lowest BCUT2D eigenvalue weighted by Gasteiger charge is -2.21. The number of amides is 1. The molecule has 0 heterocycles. The number of aliphatic hydroxyl groups is 1. The summed E-state index contributed by atoms with van der Waals surface area (Å²) in [6, 6.07) is 5.32. The molecule has 0 unspecified atom stereocenters. The molecule has 1 amide bonds. The van der Waals surface area contributed by atoms with Crippen molar-refractivity contribution < 1.29 is 9.90 Å². The van der Waals surface area contributed by atoms with Gasteiger partial charge in [-0.3, -0.25) is 4.79 Å². The van der Waals surface area contributed by atoms with Crippen LogP contribution in [-0.2, 0) is 0 Å². The molecule has 0 radical (unpaired) electrons. The van der Waals surface area contributed by atoms with Gasteiger partial charge < -0.3 is 15.7 Å². The number of nitrogen functional groups attached to an aromatic ring is 1. The van der Waals surface area contributed by atoms with Crippen molar-refractivity contribution in [2.45, 2.75) is 20.3 Å². The van der Waals surface area contributed by atoms with Gasteiger partial charge in [0.15, 0.2) is 0 Å². The molecule has 3 N–H and O–H groups in total. The van der Waals surface area contributed by atoms with E-state index in [1.54, 1.807) is 11.0 Å². The second-order valence-electron chi connectivity index (χ2n) is 4.15. The van der Waals surface area contributed by atoms with Gasteiger partial charge in [-0.05, 0) is 37.1 Å². The number of rotatable bonds is 5. The number of nitrogens with two attached hydrogens (primary N) is 1. The summed E-state index contributed by atoms with van der Waals surface area (Å²) in [7, 11) is 0. The first-order chi connectivity index (χ1) is 8.08. The van der Waals surface area contributed by atoms with Crippen LogP contribution in [0.15, 0.2) is 18.2 Å². The monoisotopic (exact) mass is 236 g/mol. The van der Waals surface area contributed by atoms with Gasteiger partial charge in [0.1, 0.15) is 0 Å². The smallest absolute Gasteiger partial charge is 0.254 e. The third-order valence-electron chi connectivity index (χ3n) is 2.50. The molecule has 1 rings (SSSR count). The minimum absolute atomic E-state index is 0.0208. The second kappa shape index (κ2) is 6.25. The van der Waals surface area contributed by atoms with Gasteiger partial charge in [0.25, 0.3) is 5.91 Å². The summed E-state index contributed by atoms with van der Waals surface area (Å²) < 4.78 is 0. The topological polar surface area (TPSA) is 66.6 Å². The molecular weight excluding hydrogens is 216 g/mol.